The molecular formula is C35H44BrN7O4. The molecule has 0 radical (unpaired) electrons. The van der Waals surface area contributed by atoms with Crippen molar-refractivity contribution in [3.8, 4) is 0 Å². The zero-order chi connectivity index (χ0) is 33.5. The number of imide groups is 1. The largest absolute Gasteiger partial charge is 0.396 e. The Balaban J connectivity index is 0.000000208. The van der Waals surface area contributed by atoms with E-state index < -0.39 is 6.04 Å². The first-order valence-corrected chi connectivity index (χ1v) is 17.1. The van der Waals surface area contributed by atoms with Gasteiger partial charge in [0.25, 0.3) is 11.5 Å². The van der Waals surface area contributed by atoms with E-state index in [1.807, 2.05) is 12.1 Å². The van der Waals surface area contributed by atoms with Crippen molar-refractivity contribution in [1.29, 1.82) is 0 Å². The second kappa shape index (κ2) is 15.8. The second-order valence-corrected chi connectivity index (χ2v) is 13.5. The van der Waals surface area contributed by atoms with Crippen LogP contribution in [0.2, 0.25) is 0 Å². The fraction of sp³-hybridized carbons (Fsp3) is 0.457. The average Bonchev–Trinajstić information content (AvgIpc) is 3.67. The lowest BCUT2D eigenvalue weighted by atomic mass is 9.95. The van der Waals surface area contributed by atoms with Crippen molar-refractivity contribution >= 4 is 39.3 Å². The summed E-state index contributed by atoms with van der Waals surface area (Å²) in [6, 6.07) is 16.1. The molecule has 12 heteroatoms. The van der Waals surface area contributed by atoms with Crippen LogP contribution in [0.25, 0.3) is 0 Å². The summed E-state index contributed by atoms with van der Waals surface area (Å²) in [5.74, 6) is -0.272. The number of halogens is 1. The van der Waals surface area contributed by atoms with Crippen LogP contribution in [0.4, 0.5) is 5.69 Å². The third-order valence-electron chi connectivity index (χ3n) is 9.23. The fourth-order valence-corrected chi connectivity index (χ4v) is 6.87. The van der Waals surface area contributed by atoms with E-state index in [0.29, 0.717) is 34.6 Å². The number of anilines is 1. The van der Waals surface area contributed by atoms with Gasteiger partial charge in [-0.3, -0.25) is 29.4 Å². The Morgan fingerprint density at radius 2 is 1.70 bits per heavy atom. The van der Waals surface area contributed by atoms with Gasteiger partial charge in [0, 0.05) is 38.7 Å². The van der Waals surface area contributed by atoms with Crippen LogP contribution in [-0.4, -0.2) is 81.5 Å². The molecule has 4 aliphatic rings. The summed E-state index contributed by atoms with van der Waals surface area (Å²) in [5.41, 5.74) is 9.78. The number of nitrogen functional groups attached to an aromatic ring is 1. The minimum atomic E-state index is -0.557. The first-order chi connectivity index (χ1) is 22.6. The zero-order valence-electron chi connectivity index (χ0n) is 27.2. The molecule has 250 valence electrons. The summed E-state index contributed by atoms with van der Waals surface area (Å²) in [6.07, 6.45) is 7.48. The van der Waals surface area contributed by atoms with Gasteiger partial charge in [-0.2, -0.15) is 5.10 Å². The summed E-state index contributed by atoms with van der Waals surface area (Å²) >= 11 is 3.03. The molecule has 2 atom stereocenters. The van der Waals surface area contributed by atoms with Gasteiger partial charge in [0.1, 0.15) is 10.5 Å². The van der Waals surface area contributed by atoms with E-state index in [1.54, 1.807) is 11.9 Å². The van der Waals surface area contributed by atoms with E-state index in [4.69, 9.17) is 5.73 Å². The predicted molar refractivity (Wildman–Crippen MR) is 185 cm³/mol. The van der Waals surface area contributed by atoms with Crippen LogP contribution >= 0.6 is 15.9 Å². The fourth-order valence-electron chi connectivity index (χ4n) is 6.51. The van der Waals surface area contributed by atoms with Gasteiger partial charge in [0.2, 0.25) is 11.8 Å². The third kappa shape index (κ3) is 8.74. The van der Waals surface area contributed by atoms with E-state index in [-0.39, 0.29) is 29.7 Å². The number of carbonyl (C=O) groups is 3. The quantitative estimate of drug-likeness (QED) is 0.393. The Kier molecular flexibility index (Phi) is 11.6. The maximum absolute atomic E-state index is 12.9. The van der Waals surface area contributed by atoms with Crippen LogP contribution in [0.5, 0.6) is 0 Å². The molecule has 3 aromatic rings. The number of nitrogens with one attached hydrogen (secondary N) is 1. The molecule has 7 rings (SSSR count). The van der Waals surface area contributed by atoms with Gasteiger partial charge < -0.3 is 15.5 Å². The summed E-state index contributed by atoms with van der Waals surface area (Å²) in [5, 5.41) is 6.05. The van der Waals surface area contributed by atoms with Crippen molar-refractivity contribution in [2.75, 3.05) is 39.0 Å². The number of aryl methyl sites for hydroxylation is 1. The number of fused-ring (bicyclic) bond motifs is 1. The highest BCUT2D eigenvalue weighted by Gasteiger charge is 2.39. The van der Waals surface area contributed by atoms with Gasteiger partial charge >= 0.3 is 0 Å². The predicted octanol–water partition coefficient (Wildman–Crippen LogP) is 3.66. The Hall–Kier alpha value is -3.87. The number of rotatable bonds is 4. The highest BCUT2D eigenvalue weighted by atomic mass is 79.9. The Bertz CT molecular complexity index is 1640. The summed E-state index contributed by atoms with van der Waals surface area (Å²) in [7, 11) is 3.76. The Morgan fingerprint density at radius 3 is 2.36 bits per heavy atom. The number of piperidine rings is 2. The average molecular weight is 707 g/mol. The first-order valence-electron chi connectivity index (χ1n) is 16.3. The Morgan fingerprint density at radius 1 is 0.957 bits per heavy atom. The SMILES string of the molecule is CN1CCCCC1.Cn1ncc(N)c(Br)c1=O.O=C1CCC(N2Cc3cc(C4CCN(Cc5ccccc5)C4)ccc3C2=O)C(=O)N1. The zero-order valence-corrected chi connectivity index (χ0v) is 28.7. The number of aromatic nitrogens is 2. The molecule has 5 heterocycles. The molecule has 4 aliphatic heterocycles. The molecule has 3 saturated heterocycles. The molecule has 2 aromatic carbocycles. The van der Waals surface area contributed by atoms with Gasteiger partial charge in [0.05, 0.1) is 11.9 Å². The minimum Gasteiger partial charge on any atom is -0.396 e. The van der Waals surface area contributed by atoms with E-state index in [0.717, 1.165) is 31.6 Å². The number of hydrogen-bond acceptors (Lipinski definition) is 8. The van der Waals surface area contributed by atoms with E-state index >= 15 is 0 Å². The van der Waals surface area contributed by atoms with Gasteiger partial charge in [-0.15, -0.1) is 0 Å². The van der Waals surface area contributed by atoms with Crippen molar-refractivity contribution in [3.05, 3.63) is 91.8 Å². The molecule has 1 aromatic heterocycles. The van der Waals surface area contributed by atoms with Gasteiger partial charge in [0.15, 0.2) is 0 Å². The number of carbonyl (C=O) groups excluding carboxylic acids is 3. The van der Waals surface area contributed by atoms with E-state index in [9.17, 15) is 19.2 Å². The van der Waals surface area contributed by atoms with Crippen molar-refractivity contribution < 1.29 is 14.4 Å². The topological polar surface area (TPSA) is 134 Å². The van der Waals surface area contributed by atoms with Crippen LogP contribution in [0.15, 0.2) is 64.0 Å². The van der Waals surface area contributed by atoms with E-state index in [2.05, 4.69) is 79.6 Å². The number of hydrogen-bond donors (Lipinski definition) is 2. The molecule has 2 unspecified atom stereocenters. The van der Waals surface area contributed by atoms with Crippen molar-refractivity contribution in [1.82, 2.24) is 29.8 Å². The number of likely N-dealkylation sites (tertiary alicyclic amines) is 2. The van der Waals surface area contributed by atoms with Crippen molar-refractivity contribution in [2.24, 2.45) is 7.05 Å². The van der Waals surface area contributed by atoms with Crippen molar-refractivity contribution in [3.63, 3.8) is 0 Å². The molecule has 3 N–H and O–H groups in total. The lowest BCUT2D eigenvalue weighted by Gasteiger charge is -2.29. The highest BCUT2D eigenvalue weighted by Crippen LogP contribution is 2.33. The number of nitrogens with two attached hydrogens (primary N) is 1. The maximum Gasteiger partial charge on any atom is 0.282 e. The molecule has 3 amide bonds. The van der Waals surface area contributed by atoms with Gasteiger partial charge in [-0.1, -0.05) is 48.9 Å². The molecule has 11 nitrogen and oxygen atoms in total. The van der Waals surface area contributed by atoms with Gasteiger partial charge in [-0.05, 0) is 97.0 Å². The molecule has 0 aliphatic carbocycles. The minimum absolute atomic E-state index is 0.108. The molecule has 47 heavy (non-hydrogen) atoms. The Labute approximate surface area is 284 Å². The number of nitrogens with zero attached hydrogens (tertiary/aromatic N) is 5. The second-order valence-electron chi connectivity index (χ2n) is 12.7. The summed E-state index contributed by atoms with van der Waals surface area (Å²) in [6.45, 7) is 6.12. The first kappa shape index (κ1) is 34.5. The standard InChI is InChI=1S/C24H25N3O3.C6H13N.C5H6BrN3O/c28-22-9-8-21(23(29)25-22)27-15-19-12-17(6-7-20(19)24(27)30)18-10-11-26(14-18)13-16-4-2-1-3-5-16;1-7-5-3-2-4-6-7;1-9-5(10)4(6)3(7)2-8-9/h1-7,12,18,21H,8-11,13-15H2,(H,25,28,29);2-6H2,1H3;2H,7H2,1H3. The van der Waals surface area contributed by atoms with E-state index in [1.165, 1.54) is 54.4 Å². The molecule has 0 bridgehead atoms. The van der Waals surface area contributed by atoms with Crippen LogP contribution in [0.3, 0.4) is 0 Å². The normalized spacial score (nSPS) is 21.3. The third-order valence-corrected chi connectivity index (χ3v) is 10.0. The van der Waals surface area contributed by atoms with Crippen LogP contribution in [0, 0.1) is 0 Å². The highest BCUT2D eigenvalue weighted by molar-refractivity contribution is 9.10. The van der Waals surface area contributed by atoms with Crippen LogP contribution in [-0.2, 0) is 29.7 Å². The molecule has 0 saturated carbocycles. The molecule has 0 spiro atoms. The number of benzene rings is 2. The monoisotopic (exact) mass is 705 g/mol. The molecular weight excluding hydrogens is 662 g/mol. The lowest BCUT2D eigenvalue weighted by molar-refractivity contribution is -0.136. The molecule has 3 fully saturated rings. The van der Waals surface area contributed by atoms with Crippen LogP contribution < -0.4 is 16.6 Å². The van der Waals surface area contributed by atoms with Crippen molar-refractivity contribution in [2.45, 2.75) is 63.6 Å². The maximum atomic E-state index is 12.9. The van der Waals surface area contributed by atoms with Crippen LogP contribution in [0.1, 0.15) is 71.5 Å². The smallest absolute Gasteiger partial charge is 0.282 e. The number of amides is 3. The van der Waals surface area contributed by atoms with Gasteiger partial charge in [-0.25, -0.2) is 4.68 Å². The summed E-state index contributed by atoms with van der Waals surface area (Å²) < 4.78 is 1.57. The lowest BCUT2D eigenvalue weighted by Crippen LogP contribution is -2.52. The summed E-state index contributed by atoms with van der Waals surface area (Å²) in [4.78, 5) is 54.0.